The summed E-state index contributed by atoms with van der Waals surface area (Å²) in [4.78, 5) is 0.241. The van der Waals surface area contributed by atoms with E-state index in [1.54, 1.807) is 13.0 Å². The summed E-state index contributed by atoms with van der Waals surface area (Å²) >= 11 is 1.81. The third-order valence-corrected chi connectivity index (χ3v) is 5.65. The van der Waals surface area contributed by atoms with E-state index >= 15 is 0 Å². The Balaban J connectivity index is 2.71. The summed E-state index contributed by atoms with van der Waals surface area (Å²) in [7, 11) is -3.51. The number of nitrogens with one attached hydrogen (secondary N) is 2. The van der Waals surface area contributed by atoms with Gasteiger partial charge in [-0.05, 0) is 38.3 Å². The van der Waals surface area contributed by atoms with Crippen molar-refractivity contribution in [2.24, 2.45) is 0 Å². The average Bonchev–Trinajstić information content (AvgIpc) is 2.78. The van der Waals surface area contributed by atoms with Crippen molar-refractivity contribution in [3.8, 4) is 0 Å². The average molecular weight is 335 g/mol. The van der Waals surface area contributed by atoms with Gasteiger partial charge in [-0.15, -0.1) is 0 Å². The van der Waals surface area contributed by atoms with Crippen LogP contribution in [0.2, 0.25) is 0 Å². The Morgan fingerprint density at radius 3 is 2.71 bits per heavy atom. The largest absolute Gasteiger partial charge is 0.464 e. The summed E-state index contributed by atoms with van der Waals surface area (Å²) in [6.07, 6.45) is 0.818. The number of aryl methyl sites for hydroxylation is 1. The molecule has 5 nitrogen and oxygen atoms in total. The first kappa shape index (κ1) is 18.5. The number of furan rings is 1. The van der Waals surface area contributed by atoms with Crippen molar-refractivity contribution in [3.05, 3.63) is 17.6 Å². The number of sulfonamides is 1. The molecule has 7 heteroatoms. The molecule has 0 amide bonds. The Morgan fingerprint density at radius 1 is 1.38 bits per heavy atom. The zero-order chi connectivity index (χ0) is 15.9. The van der Waals surface area contributed by atoms with E-state index in [0.717, 1.165) is 24.5 Å². The molecule has 1 unspecified atom stereocenters. The Bertz CT molecular complexity index is 526. The van der Waals surface area contributed by atoms with Crippen LogP contribution < -0.4 is 10.0 Å². The minimum atomic E-state index is -3.51. The second-order valence-corrected chi connectivity index (χ2v) is 8.00. The van der Waals surface area contributed by atoms with Crippen LogP contribution in [-0.2, 0) is 16.6 Å². The third kappa shape index (κ3) is 6.02. The highest BCUT2D eigenvalue weighted by atomic mass is 32.2. The molecule has 21 heavy (non-hydrogen) atoms. The first-order valence-corrected chi connectivity index (χ1v) is 9.94. The summed E-state index contributed by atoms with van der Waals surface area (Å²) in [6.45, 7) is 9.01. The van der Waals surface area contributed by atoms with Crippen LogP contribution in [0.3, 0.4) is 0 Å². The maximum Gasteiger partial charge on any atom is 0.244 e. The van der Waals surface area contributed by atoms with Crippen LogP contribution in [0.15, 0.2) is 15.4 Å². The van der Waals surface area contributed by atoms with Gasteiger partial charge in [-0.2, -0.15) is 11.8 Å². The van der Waals surface area contributed by atoms with E-state index in [4.69, 9.17) is 4.42 Å². The van der Waals surface area contributed by atoms with Crippen LogP contribution in [0.5, 0.6) is 0 Å². The van der Waals surface area contributed by atoms with Crippen LogP contribution in [0.25, 0.3) is 0 Å². The fourth-order valence-electron chi connectivity index (χ4n) is 1.92. The quantitative estimate of drug-likeness (QED) is 0.643. The molecule has 0 fully saturated rings. The van der Waals surface area contributed by atoms with Crippen molar-refractivity contribution in [1.82, 2.24) is 10.0 Å². The maximum absolute atomic E-state index is 12.4. The summed E-state index contributed by atoms with van der Waals surface area (Å²) in [5.41, 5.74) is 0. The molecule has 1 rings (SSSR count). The molecule has 0 radical (unpaired) electrons. The molecule has 0 bridgehead atoms. The number of rotatable bonds is 10. The van der Waals surface area contributed by atoms with Gasteiger partial charge in [-0.3, -0.25) is 0 Å². The summed E-state index contributed by atoms with van der Waals surface area (Å²) in [5, 5.41) is 3.12. The van der Waals surface area contributed by atoms with Gasteiger partial charge in [0.05, 0.1) is 6.54 Å². The van der Waals surface area contributed by atoms with Gasteiger partial charge in [0, 0.05) is 12.1 Å². The lowest BCUT2D eigenvalue weighted by Gasteiger charge is -2.13. The smallest absolute Gasteiger partial charge is 0.244 e. The van der Waals surface area contributed by atoms with Gasteiger partial charge in [-0.1, -0.05) is 13.8 Å². The van der Waals surface area contributed by atoms with Crippen molar-refractivity contribution in [1.29, 1.82) is 0 Å². The van der Waals surface area contributed by atoms with Crippen LogP contribution in [0.1, 0.15) is 38.7 Å². The minimum Gasteiger partial charge on any atom is -0.464 e. The highest BCUT2D eigenvalue weighted by molar-refractivity contribution is 7.99. The highest BCUT2D eigenvalue weighted by Gasteiger charge is 2.23. The zero-order valence-corrected chi connectivity index (χ0v) is 14.9. The van der Waals surface area contributed by atoms with Crippen molar-refractivity contribution < 1.29 is 12.8 Å². The van der Waals surface area contributed by atoms with Crippen LogP contribution in [-0.4, -0.2) is 32.5 Å². The fourth-order valence-corrected chi connectivity index (χ4v) is 4.21. The SMILES string of the molecule is CCNCc1cc(S(=O)(=O)NC(C)CCSCC)c(C)o1. The van der Waals surface area contributed by atoms with Gasteiger partial charge in [0.15, 0.2) is 0 Å². The van der Waals surface area contributed by atoms with E-state index < -0.39 is 10.0 Å². The molecule has 1 aromatic heterocycles. The molecule has 0 aliphatic heterocycles. The van der Waals surface area contributed by atoms with Crippen molar-refractivity contribution in [3.63, 3.8) is 0 Å². The monoisotopic (exact) mass is 334 g/mol. The summed E-state index contributed by atoms with van der Waals surface area (Å²) in [6, 6.07) is 1.52. The molecule has 0 aliphatic rings. The van der Waals surface area contributed by atoms with Gasteiger partial charge >= 0.3 is 0 Å². The van der Waals surface area contributed by atoms with E-state index in [2.05, 4.69) is 17.0 Å². The second-order valence-electron chi connectivity index (χ2n) is 4.92. The molecule has 1 aromatic rings. The summed E-state index contributed by atoms with van der Waals surface area (Å²) in [5.74, 6) is 3.08. The van der Waals surface area contributed by atoms with Gasteiger partial charge in [0.1, 0.15) is 16.4 Å². The van der Waals surface area contributed by atoms with Crippen molar-refractivity contribution >= 4 is 21.8 Å². The highest BCUT2D eigenvalue weighted by Crippen LogP contribution is 2.20. The predicted octanol–water partition coefficient (Wildman–Crippen LogP) is 2.51. The summed E-state index contributed by atoms with van der Waals surface area (Å²) < 4.78 is 33.0. The van der Waals surface area contributed by atoms with Gasteiger partial charge in [0.25, 0.3) is 0 Å². The molecule has 0 spiro atoms. The number of hydrogen-bond donors (Lipinski definition) is 2. The molecule has 0 saturated heterocycles. The van der Waals surface area contributed by atoms with Gasteiger partial charge in [0.2, 0.25) is 10.0 Å². The second kappa shape index (κ2) is 8.82. The molecular formula is C14H26N2O3S2. The Morgan fingerprint density at radius 2 is 2.10 bits per heavy atom. The Hall–Kier alpha value is -0.500. The predicted molar refractivity (Wildman–Crippen MR) is 88.2 cm³/mol. The van der Waals surface area contributed by atoms with Gasteiger partial charge < -0.3 is 9.73 Å². The zero-order valence-electron chi connectivity index (χ0n) is 13.2. The third-order valence-electron chi connectivity index (χ3n) is 3.02. The first-order valence-electron chi connectivity index (χ1n) is 7.30. The lowest BCUT2D eigenvalue weighted by molar-refractivity contribution is 0.459. The maximum atomic E-state index is 12.4. The molecule has 0 aliphatic carbocycles. The first-order chi connectivity index (χ1) is 9.90. The van der Waals surface area contributed by atoms with E-state index in [-0.39, 0.29) is 10.9 Å². The topological polar surface area (TPSA) is 71.3 Å². The van der Waals surface area contributed by atoms with E-state index in [1.807, 2.05) is 25.6 Å². The van der Waals surface area contributed by atoms with Gasteiger partial charge in [-0.25, -0.2) is 13.1 Å². The molecule has 0 aromatic carbocycles. The van der Waals surface area contributed by atoms with E-state index in [9.17, 15) is 8.42 Å². The molecule has 1 atom stereocenters. The van der Waals surface area contributed by atoms with E-state index in [1.165, 1.54) is 0 Å². The number of hydrogen-bond acceptors (Lipinski definition) is 5. The van der Waals surface area contributed by atoms with Crippen LogP contribution >= 0.6 is 11.8 Å². The minimum absolute atomic E-state index is 0.0828. The van der Waals surface area contributed by atoms with Crippen molar-refractivity contribution in [2.75, 3.05) is 18.1 Å². The lowest BCUT2D eigenvalue weighted by Crippen LogP contribution is -2.33. The Labute approximate surface area is 132 Å². The molecule has 0 saturated carbocycles. The molecule has 1 heterocycles. The fraction of sp³-hybridized carbons (Fsp3) is 0.714. The molecular weight excluding hydrogens is 308 g/mol. The normalized spacial score (nSPS) is 13.5. The standard InChI is InChI=1S/C14H26N2O3S2/c1-5-15-10-13-9-14(12(4)19-13)21(17,18)16-11(3)7-8-20-6-2/h9,11,15-16H,5-8,10H2,1-4H3. The molecule has 122 valence electrons. The van der Waals surface area contributed by atoms with Crippen molar-refractivity contribution in [2.45, 2.75) is 51.6 Å². The van der Waals surface area contributed by atoms with Crippen LogP contribution in [0.4, 0.5) is 0 Å². The molecule has 2 N–H and O–H groups in total. The van der Waals surface area contributed by atoms with Crippen LogP contribution in [0, 0.1) is 6.92 Å². The number of thioether (sulfide) groups is 1. The van der Waals surface area contributed by atoms with E-state index in [0.29, 0.717) is 18.1 Å². The lowest BCUT2D eigenvalue weighted by atomic mass is 10.3. The Kier molecular flexibility index (Phi) is 7.79.